The summed E-state index contributed by atoms with van der Waals surface area (Å²) in [6.45, 7) is 2.89. The van der Waals surface area contributed by atoms with Crippen molar-refractivity contribution in [2.24, 2.45) is 0 Å². The Morgan fingerprint density at radius 3 is 2.22 bits per heavy atom. The first-order valence-electron chi connectivity index (χ1n) is 8.29. The lowest BCUT2D eigenvalue weighted by atomic mass is 10.1. The van der Waals surface area contributed by atoms with Crippen molar-refractivity contribution in [3.05, 3.63) is 64.7 Å². The van der Waals surface area contributed by atoms with Gasteiger partial charge in [0.25, 0.3) is 0 Å². The maximum absolute atomic E-state index is 12.2. The second-order valence-corrected chi connectivity index (χ2v) is 8.03. The van der Waals surface area contributed by atoms with Crippen molar-refractivity contribution in [3.8, 4) is 0 Å². The van der Waals surface area contributed by atoms with E-state index < -0.39 is 28.6 Å². The van der Waals surface area contributed by atoms with Crippen molar-refractivity contribution in [1.82, 2.24) is 4.72 Å². The monoisotopic (exact) mass is 409 g/mol. The largest absolute Gasteiger partial charge is 0.456 e. The van der Waals surface area contributed by atoms with E-state index in [0.717, 1.165) is 12.0 Å². The van der Waals surface area contributed by atoms with Crippen LogP contribution in [0.4, 0.5) is 0 Å². The van der Waals surface area contributed by atoms with Crippen molar-refractivity contribution < 1.29 is 22.7 Å². The number of hydrogen-bond donors (Lipinski definition) is 1. The Labute approximate surface area is 163 Å². The predicted octanol–water partition coefficient (Wildman–Crippen LogP) is 3.00. The Hall–Kier alpha value is -2.22. The van der Waals surface area contributed by atoms with E-state index in [2.05, 4.69) is 4.72 Å². The van der Waals surface area contributed by atoms with Gasteiger partial charge >= 0.3 is 5.97 Å². The summed E-state index contributed by atoms with van der Waals surface area (Å²) < 4.78 is 31.7. The van der Waals surface area contributed by atoms with Gasteiger partial charge in [0.05, 0.1) is 4.90 Å². The van der Waals surface area contributed by atoms with Gasteiger partial charge in [0.2, 0.25) is 10.0 Å². The van der Waals surface area contributed by atoms with Crippen LogP contribution in [0.5, 0.6) is 0 Å². The van der Waals surface area contributed by atoms with E-state index in [4.69, 9.17) is 16.3 Å². The zero-order valence-corrected chi connectivity index (χ0v) is 16.5. The molecular formula is C19H20ClNO5S. The smallest absolute Gasteiger partial charge is 0.324 e. The number of carbonyl (C=O) groups excluding carboxylic acids is 2. The number of ketones is 1. The maximum Gasteiger partial charge on any atom is 0.324 e. The molecule has 2 rings (SSSR count). The van der Waals surface area contributed by atoms with E-state index in [1.807, 2.05) is 19.1 Å². The average molecular weight is 410 g/mol. The van der Waals surface area contributed by atoms with Crippen LogP contribution in [0.2, 0.25) is 5.02 Å². The fourth-order valence-electron chi connectivity index (χ4n) is 2.23. The highest BCUT2D eigenvalue weighted by atomic mass is 35.5. The molecule has 8 heteroatoms. The van der Waals surface area contributed by atoms with Gasteiger partial charge in [-0.3, -0.25) is 9.59 Å². The number of esters is 1. The Balaban J connectivity index is 1.92. The number of ether oxygens (including phenoxy) is 1. The fourth-order valence-corrected chi connectivity index (χ4v) is 3.55. The Kier molecular flexibility index (Phi) is 7.12. The standard InChI is InChI=1S/C19H20ClNO5S/c1-3-14-4-6-15(7-5-14)18(22)12-26-19(23)13(2)21-27(24,25)17-10-8-16(20)9-11-17/h4-11,13,21H,3,12H2,1-2H3/t13-/m0/s1. The molecule has 27 heavy (non-hydrogen) atoms. The quantitative estimate of drug-likeness (QED) is 0.534. The second-order valence-electron chi connectivity index (χ2n) is 5.88. The molecule has 0 aromatic heterocycles. The van der Waals surface area contributed by atoms with Crippen LogP contribution in [0, 0.1) is 0 Å². The van der Waals surface area contributed by atoms with E-state index in [9.17, 15) is 18.0 Å². The molecule has 6 nitrogen and oxygen atoms in total. The number of nitrogens with one attached hydrogen (secondary N) is 1. The van der Waals surface area contributed by atoms with Gasteiger partial charge in [-0.15, -0.1) is 0 Å². The van der Waals surface area contributed by atoms with Crippen LogP contribution < -0.4 is 4.72 Å². The molecule has 144 valence electrons. The zero-order chi connectivity index (χ0) is 20.0. The van der Waals surface area contributed by atoms with Gasteiger partial charge < -0.3 is 4.74 Å². The summed E-state index contributed by atoms with van der Waals surface area (Å²) in [7, 11) is -3.91. The summed E-state index contributed by atoms with van der Waals surface area (Å²) in [4.78, 5) is 24.1. The van der Waals surface area contributed by atoms with Crippen LogP contribution in [0.25, 0.3) is 0 Å². The van der Waals surface area contributed by atoms with Crippen LogP contribution >= 0.6 is 11.6 Å². The third kappa shape index (κ3) is 5.89. The van der Waals surface area contributed by atoms with Crippen LogP contribution in [0.15, 0.2) is 53.4 Å². The van der Waals surface area contributed by atoms with E-state index >= 15 is 0 Å². The normalized spacial score (nSPS) is 12.4. The molecule has 0 fully saturated rings. The van der Waals surface area contributed by atoms with Crippen molar-refractivity contribution >= 4 is 33.4 Å². The van der Waals surface area contributed by atoms with Gasteiger partial charge in [-0.25, -0.2) is 8.42 Å². The third-order valence-corrected chi connectivity index (χ3v) is 5.65. The van der Waals surface area contributed by atoms with Gasteiger partial charge in [0, 0.05) is 10.6 Å². The third-order valence-electron chi connectivity index (χ3n) is 3.84. The van der Waals surface area contributed by atoms with Crippen molar-refractivity contribution in [2.45, 2.75) is 31.2 Å². The molecule has 0 unspecified atom stereocenters. The minimum absolute atomic E-state index is 0.0290. The fraction of sp³-hybridized carbons (Fsp3) is 0.263. The number of hydrogen-bond acceptors (Lipinski definition) is 5. The molecule has 2 aromatic carbocycles. The number of rotatable bonds is 8. The summed E-state index contributed by atoms with van der Waals surface area (Å²) in [5.74, 6) is -1.20. The second kappa shape index (κ2) is 9.12. The summed E-state index contributed by atoms with van der Waals surface area (Å²) >= 11 is 5.73. The number of benzene rings is 2. The molecule has 0 bridgehead atoms. The first-order chi connectivity index (χ1) is 12.7. The minimum Gasteiger partial charge on any atom is -0.456 e. The molecule has 0 saturated carbocycles. The Bertz CT molecular complexity index is 908. The lowest BCUT2D eigenvalue weighted by Crippen LogP contribution is -2.40. The summed E-state index contributed by atoms with van der Waals surface area (Å²) in [5, 5.41) is 0.395. The first kappa shape index (κ1) is 21.1. The van der Waals surface area contributed by atoms with E-state index in [1.54, 1.807) is 12.1 Å². The number of halogens is 1. The SMILES string of the molecule is CCc1ccc(C(=O)COC(=O)[C@H](C)NS(=O)(=O)c2ccc(Cl)cc2)cc1. The van der Waals surface area contributed by atoms with Gasteiger partial charge in [-0.2, -0.15) is 4.72 Å². The number of carbonyl (C=O) groups is 2. The van der Waals surface area contributed by atoms with E-state index in [-0.39, 0.29) is 10.7 Å². The van der Waals surface area contributed by atoms with Crippen LogP contribution in [0.3, 0.4) is 0 Å². The molecule has 0 saturated heterocycles. The van der Waals surface area contributed by atoms with Gasteiger partial charge in [0.1, 0.15) is 6.04 Å². The molecule has 1 atom stereocenters. The zero-order valence-electron chi connectivity index (χ0n) is 14.9. The van der Waals surface area contributed by atoms with E-state index in [0.29, 0.717) is 10.6 Å². The van der Waals surface area contributed by atoms with Crippen LogP contribution in [0.1, 0.15) is 29.8 Å². The van der Waals surface area contributed by atoms with Crippen molar-refractivity contribution in [3.63, 3.8) is 0 Å². The number of sulfonamides is 1. The molecule has 0 heterocycles. The van der Waals surface area contributed by atoms with Crippen LogP contribution in [-0.2, 0) is 26.0 Å². The molecular weight excluding hydrogens is 390 g/mol. The first-order valence-corrected chi connectivity index (χ1v) is 10.2. The molecule has 0 amide bonds. The number of Topliss-reactive ketones (excluding diaryl/α,β-unsaturated/α-hetero) is 1. The molecule has 0 radical (unpaired) electrons. The predicted molar refractivity (Wildman–Crippen MR) is 102 cm³/mol. The van der Waals surface area contributed by atoms with Gasteiger partial charge in [0.15, 0.2) is 12.4 Å². The average Bonchev–Trinajstić information content (AvgIpc) is 2.65. The highest BCUT2D eigenvalue weighted by molar-refractivity contribution is 7.89. The molecule has 0 aliphatic rings. The molecule has 0 spiro atoms. The summed E-state index contributed by atoms with van der Waals surface area (Å²) in [6, 6.07) is 11.4. The highest BCUT2D eigenvalue weighted by Crippen LogP contribution is 2.14. The molecule has 0 aliphatic heterocycles. The van der Waals surface area contributed by atoms with Crippen molar-refractivity contribution in [1.29, 1.82) is 0 Å². The highest BCUT2D eigenvalue weighted by Gasteiger charge is 2.23. The number of aryl methyl sites for hydroxylation is 1. The van der Waals surface area contributed by atoms with E-state index in [1.165, 1.54) is 31.2 Å². The minimum atomic E-state index is -3.91. The molecule has 1 N–H and O–H groups in total. The van der Waals surface area contributed by atoms with Gasteiger partial charge in [-0.05, 0) is 43.2 Å². The topological polar surface area (TPSA) is 89.5 Å². The molecule has 0 aliphatic carbocycles. The van der Waals surface area contributed by atoms with Crippen molar-refractivity contribution in [2.75, 3.05) is 6.61 Å². The summed E-state index contributed by atoms with van der Waals surface area (Å²) in [6.07, 6.45) is 0.856. The molecule has 2 aromatic rings. The van der Waals surface area contributed by atoms with Gasteiger partial charge in [-0.1, -0.05) is 42.8 Å². The Morgan fingerprint density at radius 2 is 1.67 bits per heavy atom. The maximum atomic E-state index is 12.2. The Morgan fingerprint density at radius 1 is 1.07 bits per heavy atom. The van der Waals surface area contributed by atoms with Crippen LogP contribution in [-0.4, -0.2) is 32.8 Å². The lowest BCUT2D eigenvalue weighted by Gasteiger charge is -2.13. The lowest BCUT2D eigenvalue weighted by molar-refractivity contribution is -0.144. The summed E-state index contributed by atoms with van der Waals surface area (Å²) in [5.41, 5.74) is 1.52.